The number of hydrogen-bond acceptors (Lipinski definition) is 1. The molecule has 4 heteroatoms. The van der Waals surface area contributed by atoms with Gasteiger partial charge in [-0.3, -0.25) is 0 Å². The highest BCUT2D eigenvalue weighted by atomic mass is 19.3. The number of benzene rings is 1. The van der Waals surface area contributed by atoms with Gasteiger partial charge in [-0.25, -0.2) is 8.78 Å². The van der Waals surface area contributed by atoms with Gasteiger partial charge >= 0.3 is 0 Å². The molecule has 0 aliphatic carbocycles. The van der Waals surface area contributed by atoms with Gasteiger partial charge in [0.1, 0.15) is 0 Å². The standard InChI is InChI=1S/C9H8F2N2/c10-9(11)7-4-13-8-3-5(12)1-2-6(7)8/h1-4,9,13H,12H2. The molecular formula is C9H8F2N2. The molecule has 0 fully saturated rings. The summed E-state index contributed by atoms with van der Waals surface area (Å²) in [4.78, 5) is 2.75. The molecule has 1 heterocycles. The molecule has 0 unspecified atom stereocenters. The number of rotatable bonds is 1. The van der Waals surface area contributed by atoms with Crippen LogP contribution in [0.1, 0.15) is 12.0 Å². The molecule has 0 saturated heterocycles. The van der Waals surface area contributed by atoms with Crippen molar-refractivity contribution >= 4 is 16.6 Å². The summed E-state index contributed by atoms with van der Waals surface area (Å²) in [6.45, 7) is 0. The molecule has 0 aliphatic rings. The summed E-state index contributed by atoms with van der Waals surface area (Å²) >= 11 is 0. The molecule has 0 aliphatic heterocycles. The average molecular weight is 182 g/mol. The fourth-order valence-corrected chi connectivity index (χ4v) is 1.35. The first-order valence-corrected chi connectivity index (χ1v) is 3.83. The third kappa shape index (κ3) is 1.24. The lowest BCUT2D eigenvalue weighted by molar-refractivity contribution is 0.153. The number of nitrogens with one attached hydrogen (secondary N) is 1. The Balaban J connectivity index is 2.69. The van der Waals surface area contributed by atoms with E-state index in [0.717, 1.165) is 0 Å². The van der Waals surface area contributed by atoms with Crippen molar-refractivity contribution in [1.82, 2.24) is 4.98 Å². The number of aromatic nitrogens is 1. The number of fused-ring (bicyclic) bond motifs is 1. The molecule has 0 spiro atoms. The topological polar surface area (TPSA) is 41.8 Å². The van der Waals surface area contributed by atoms with Crippen molar-refractivity contribution in [3.05, 3.63) is 30.0 Å². The number of halogens is 2. The molecule has 1 aromatic heterocycles. The van der Waals surface area contributed by atoms with E-state index in [0.29, 0.717) is 16.6 Å². The van der Waals surface area contributed by atoms with Gasteiger partial charge in [0, 0.05) is 28.4 Å². The zero-order valence-electron chi connectivity index (χ0n) is 6.72. The maximum absolute atomic E-state index is 12.4. The van der Waals surface area contributed by atoms with Gasteiger partial charge in [0.2, 0.25) is 0 Å². The number of alkyl halides is 2. The van der Waals surface area contributed by atoms with E-state index in [4.69, 9.17) is 5.73 Å². The summed E-state index contributed by atoms with van der Waals surface area (Å²) in [5.74, 6) is 0. The molecular weight excluding hydrogens is 174 g/mol. The van der Waals surface area contributed by atoms with Crippen molar-refractivity contribution in [3.8, 4) is 0 Å². The highest BCUT2D eigenvalue weighted by Gasteiger charge is 2.12. The Morgan fingerprint density at radius 3 is 2.77 bits per heavy atom. The minimum Gasteiger partial charge on any atom is -0.399 e. The van der Waals surface area contributed by atoms with Crippen LogP contribution in [0, 0.1) is 0 Å². The van der Waals surface area contributed by atoms with E-state index in [9.17, 15) is 8.78 Å². The third-order valence-electron chi connectivity index (χ3n) is 1.97. The molecule has 2 nitrogen and oxygen atoms in total. The molecule has 0 radical (unpaired) electrons. The van der Waals surface area contributed by atoms with Crippen molar-refractivity contribution in [2.75, 3.05) is 5.73 Å². The van der Waals surface area contributed by atoms with Crippen LogP contribution < -0.4 is 5.73 Å². The van der Waals surface area contributed by atoms with E-state index in [2.05, 4.69) is 4.98 Å². The number of aromatic amines is 1. The van der Waals surface area contributed by atoms with Gasteiger partial charge < -0.3 is 10.7 Å². The normalized spacial score (nSPS) is 11.3. The van der Waals surface area contributed by atoms with Crippen LogP contribution in [0.5, 0.6) is 0 Å². The predicted molar refractivity (Wildman–Crippen MR) is 47.7 cm³/mol. The Morgan fingerprint density at radius 1 is 1.31 bits per heavy atom. The second-order valence-electron chi connectivity index (χ2n) is 2.85. The molecule has 1 aromatic carbocycles. The molecule has 68 valence electrons. The van der Waals surface area contributed by atoms with Gasteiger partial charge in [0.15, 0.2) is 0 Å². The molecule has 0 saturated carbocycles. The van der Waals surface area contributed by atoms with Crippen molar-refractivity contribution in [2.24, 2.45) is 0 Å². The van der Waals surface area contributed by atoms with Crippen LogP contribution in [0.25, 0.3) is 10.9 Å². The molecule has 3 N–H and O–H groups in total. The summed E-state index contributed by atoms with van der Waals surface area (Å²) in [6, 6.07) is 4.85. The second-order valence-corrected chi connectivity index (χ2v) is 2.85. The van der Waals surface area contributed by atoms with E-state index in [-0.39, 0.29) is 5.56 Å². The molecule has 0 bridgehead atoms. The lowest BCUT2D eigenvalue weighted by atomic mass is 10.2. The van der Waals surface area contributed by atoms with Crippen LogP contribution in [0.3, 0.4) is 0 Å². The summed E-state index contributed by atoms with van der Waals surface area (Å²) in [7, 11) is 0. The molecule has 13 heavy (non-hydrogen) atoms. The van der Waals surface area contributed by atoms with Crippen LogP contribution in [0.15, 0.2) is 24.4 Å². The number of nitrogens with two attached hydrogens (primary N) is 1. The monoisotopic (exact) mass is 182 g/mol. The lowest BCUT2D eigenvalue weighted by Crippen LogP contribution is -1.84. The first-order valence-electron chi connectivity index (χ1n) is 3.83. The summed E-state index contributed by atoms with van der Waals surface area (Å²) in [5, 5.41) is 0.532. The SMILES string of the molecule is Nc1ccc2c(C(F)F)c[nH]c2c1. The largest absolute Gasteiger partial charge is 0.399 e. The Morgan fingerprint density at radius 2 is 2.08 bits per heavy atom. The van der Waals surface area contributed by atoms with Gasteiger partial charge in [-0.1, -0.05) is 6.07 Å². The van der Waals surface area contributed by atoms with Gasteiger partial charge in [0.05, 0.1) is 0 Å². The zero-order chi connectivity index (χ0) is 9.42. The van der Waals surface area contributed by atoms with E-state index < -0.39 is 6.43 Å². The number of hydrogen-bond donors (Lipinski definition) is 2. The maximum Gasteiger partial charge on any atom is 0.265 e. The average Bonchev–Trinajstić information content (AvgIpc) is 2.46. The molecule has 2 aromatic rings. The highest BCUT2D eigenvalue weighted by Crippen LogP contribution is 2.28. The summed E-state index contributed by atoms with van der Waals surface area (Å²) < 4.78 is 24.8. The number of H-pyrrole nitrogens is 1. The summed E-state index contributed by atoms with van der Waals surface area (Å²) in [5.41, 5.74) is 6.74. The quantitative estimate of drug-likeness (QED) is 0.654. The fourth-order valence-electron chi connectivity index (χ4n) is 1.35. The van der Waals surface area contributed by atoms with E-state index in [1.807, 2.05) is 0 Å². The lowest BCUT2D eigenvalue weighted by Gasteiger charge is -1.96. The van der Waals surface area contributed by atoms with Gasteiger partial charge in [0.25, 0.3) is 6.43 Å². The number of anilines is 1. The van der Waals surface area contributed by atoms with Crippen molar-refractivity contribution in [1.29, 1.82) is 0 Å². The smallest absolute Gasteiger partial charge is 0.265 e. The van der Waals surface area contributed by atoms with Crippen LogP contribution in [-0.4, -0.2) is 4.98 Å². The first kappa shape index (κ1) is 8.04. The molecule has 2 rings (SSSR count). The Kier molecular flexibility index (Phi) is 1.69. The minimum atomic E-state index is -2.45. The maximum atomic E-state index is 12.4. The van der Waals surface area contributed by atoms with Crippen molar-refractivity contribution in [3.63, 3.8) is 0 Å². The predicted octanol–water partition coefficient (Wildman–Crippen LogP) is 2.69. The van der Waals surface area contributed by atoms with E-state index in [1.54, 1.807) is 18.2 Å². The van der Waals surface area contributed by atoms with Crippen LogP contribution in [0.4, 0.5) is 14.5 Å². The first-order chi connectivity index (χ1) is 6.18. The Labute approximate surface area is 73.4 Å². The number of nitrogen functional groups attached to an aromatic ring is 1. The van der Waals surface area contributed by atoms with Crippen LogP contribution in [0.2, 0.25) is 0 Å². The van der Waals surface area contributed by atoms with Crippen LogP contribution in [-0.2, 0) is 0 Å². The van der Waals surface area contributed by atoms with Crippen LogP contribution >= 0.6 is 0 Å². The minimum absolute atomic E-state index is 0.0231. The fraction of sp³-hybridized carbons (Fsp3) is 0.111. The molecule has 0 amide bonds. The van der Waals surface area contributed by atoms with Gasteiger partial charge in [-0.15, -0.1) is 0 Å². The Bertz CT molecular complexity index is 434. The van der Waals surface area contributed by atoms with Crippen molar-refractivity contribution < 1.29 is 8.78 Å². The van der Waals surface area contributed by atoms with E-state index in [1.165, 1.54) is 6.20 Å². The highest BCUT2D eigenvalue weighted by molar-refractivity contribution is 5.85. The zero-order valence-corrected chi connectivity index (χ0v) is 6.72. The molecule has 0 atom stereocenters. The summed E-state index contributed by atoms with van der Waals surface area (Å²) in [6.07, 6.45) is -1.13. The Hall–Kier alpha value is -1.58. The van der Waals surface area contributed by atoms with Gasteiger partial charge in [-0.2, -0.15) is 0 Å². The second kappa shape index (κ2) is 2.73. The van der Waals surface area contributed by atoms with Gasteiger partial charge in [-0.05, 0) is 12.1 Å². The van der Waals surface area contributed by atoms with E-state index >= 15 is 0 Å². The van der Waals surface area contributed by atoms with Crippen molar-refractivity contribution in [2.45, 2.75) is 6.43 Å². The third-order valence-corrected chi connectivity index (χ3v) is 1.97.